The van der Waals surface area contributed by atoms with Crippen molar-refractivity contribution < 1.29 is 13.2 Å². The molecule has 0 fully saturated rings. The number of hydrogen-bond acceptors (Lipinski definition) is 2. The van der Waals surface area contributed by atoms with E-state index in [1.807, 2.05) is 13.1 Å². The highest BCUT2D eigenvalue weighted by Crippen LogP contribution is 2.30. The van der Waals surface area contributed by atoms with Crippen LogP contribution in [0.5, 0.6) is 0 Å². The van der Waals surface area contributed by atoms with Crippen LogP contribution < -0.4 is 5.32 Å². The van der Waals surface area contributed by atoms with Gasteiger partial charge in [0, 0.05) is 11.3 Å². The van der Waals surface area contributed by atoms with Crippen molar-refractivity contribution in [3.05, 3.63) is 41.6 Å². The number of H-pyrrole nitrogens is 1. The minimum absolute atomic E-state index is 0.647. The third kappa shape index (κ3) is 3.60. The Hall–Kier alpha value is -1.82. The Kier molecular flexibility index (Phi) is 4.44. The van der Waals surface area contributed by atoms with Crippen LogP contribution in [0.15, 0.2) is 30.3 Å². The molecule has 0 bridgehead atoms. The van der Waals surface area contributed by atoms with Crippen molar-refractivity contribution in [3.8, 4) is 11.3 Å². The predicted octanol–water partition coefficient (Wildman–Crippen LogP) is 3.25. The van der Waals surface area contributed by atoms with Crippen LogP contribution in [-0.2, 0) is 12.6 Å². The molecule has 0 saturated heterocycles. The molecule has 2 N–H and O–H groups in total. The van der Waals surface area contributed by atoms with E-state index in [0.29, 0.717) is 11.3 Å². The Balaban J connectivity index is 2.08. The van der Waals surface area contributed by atoms with E-state index in [9.17, 15) is 13.2 Å². The smallest absolute Gasteiger partial charge is 0.320 e. The van der Waals surface area contributed by atoms with Crippen LogP contribution in [0.25, 0.3) is 11.3 Å². The molecule has 6 heteroatoms. The number of aryl methyl sites for hydroxylation is 1. The Labute approximate surface area is 115 Å². The third-order valence-corrected chi connectivity index (χ3v) is 3.01. The lowest BCUT2D eigenvalue weighted by Gasteiger charge is -2.06. The fourth-order valence-electron chi connectivity index (χ4n) is 1.92. The highest BCUT2D eigenvalue weighted by Gasteiger charge is 2.30. The number of alkyl halides is 3. The van der Waals surface area contributed by atoms with E-state index in [2.05, 4.69) is 15.5 Å². The molecule has 0 aliphatic carbocycles. The predicted molar refractivity (Wildman–Crippen MR) is 71.3 cm³/mol. The highest BCUT2D eigenvalue weighted by molar-refractivity contribution is 5.59. The number of nitrogens with zero attached hydrogens (tertiary/aromatic N) is 1. The van der Waals surface area contributed by atoms with Gasteiger partial charge in [-0.1, -0.05) is 12.1 Å². The highest BCUT2D eigenvalue weighted by atomic mass is 19.4. The van der Waals surface area contributed by atoms with Crippen molar-refractivity contribution in [3.63, 3.8) is 0 Å². The number of nitrogens with one attached hydrogen (secondary N) is 2. The minimum Gasteiger partial charge on any atom is -0.320 e. The van der Waals surface area contributed by atoms with Gasteiger partial charge in [-0.2, -0.15) is 18.3 Å². The lowest BCUT2D eigenvalue weighted by molar-refractivity contribution is -0.137. The average Bonchev–Trinajstić information content (AvgIpc) is 2.87. The van der Waals surface area contributed by atoms with Crippen LogP contribution >= 0.6 is 0 Å². The van der Waals surface area contributed by atoms with E-state index in [1.54, 1.807) is 0 Å². The Bertz CT molecular complexity index is 544. The molecule has 20 heavy (non-hydrogen) atoms. The molecule has 0 unspecified atom stereocenters. The van der Waals surface area contributed by atoms with E-state index in [4.69, 9.17) is 0 Å². The van der Waals surface area contributed by atoms with Gasteiger partial charge >= 0.3 is 6.18 Å². The van der Waals surface area contributed by atoms with Crippen LogP contribution in [-0.4, -0.2) is 23.8 Å². The summed E-state index contributed by atoms with van der Waals surface area (Å²) < 4.78 is 37.4. The number of rotatable bonds is 5. The molecular weight excluding hydrogens is 267 g/mol. The Morgan fingerprint density at radius 2 is 1.90 bits per heavy atom. The van der Waals surface area contributed by atoms with Crippen molar-refractivity contribution >= 4 is 0 Å². The third-order valence-electron chi connectivity index (χ3n) is 3.01. The minimum atomic E-state index is -4.30. The molecule has 0 aliphatic rings. The molecule has 1 aromatic carbocycles. The first-order chi connectivity index (χ1) is 9.50. The number of halogens is 3. The molecule has 1 heterocycles. The van der Waals surface area contributed by atoms with Gasteiger partial charge in [-0.3, -0.25) is 5.10 Å². The normalized spacial score (nSPS) is 11.8. The Morgan fingerprint density at radius 1 is 1.20 bits per heavy atom. The molecule has 0 aliphatic heterocycles. The van der Waals surface area contributed by atoms with Gasteiger partial charge in [-0.05, 0) is 44.6 Å². The van der Waals surface area contributed by atoms with Gasteiger partial charge in [-0.15, -0.1) is 0 Å². The number of aromatic nitrogens is 2. The summed E-state index contributed by atoms with van der Waals surface area (Å²) in [5.74, 6) is 0. The van der Waals surface area contributed by atoms with Crippen LogP contribution in [0.3, 0.4) is 0 Å². The van der Waals surface area contributed by atoms with Gasteiger partial charge in [0.1, 0.15) is 0 Å². The molecule has 0 atom stereocenters. The van der Waals surface area contributed by atoms with Gasteiger partial charge < -0.3 is 5.32 Å². The van der Waals surface area contributed by atoms with Crippen molar-refractivity contribution in [1.82, 2.24) is 15.5 Å². The van der Waals surface area contributed by atoms with Gasteiger partial charge in [0.25, 0.3) is 0 Å². The summed E-state index contributed by atoms with van der Waals surface area (Å²) in [7, 11) is 1.89. The standard InChI is InChI=1S/C14H16F3N3/c1-18-8-2-3-12-9-13(20-19-12)10-4-6-11(7-5-10)14(15,16)17/h4-7,9,18H,2-3,8H2,1H3,(H,19,20). The van der Waals surface area contributed by atoms with Crippen molar-refractivity contribution in [2.24, 2.45) is 0 Å². The molecule has 0 amide bonds. The summed E-state index contributed by atoms with van der Waals surface area (Å²) in [5.41, 5.74) is 1.67. The maximum absolute atomic E-state index is 12.5. The lowest BCUT2D eigenvalue weighted by Crippen LogP contribution is -2.08. The summed E-state index contributed by atoms with van der Waals surface area (Å²) in [4.78, 5) is 0. The van der Waals surface area contributed by atoms with Crippen LogP contribution in [0, 0.1) is 0 Å². The number of aromatic amines is 1. The quantitative estimate of drug-likeness (QED) is 0.827. The second kappa shape index (κ2) is 6.09. The molecule has 108 valence electrons. The summed E-state index contributed by atoms with van der Waals surface area (Å²) in [6.07, 6.45) is -2.47. The molecule has 2 rings (SSSR count). The van der Waals surface area contributed by atoms with Crippen LogP contribution in [0.2, 0.25) is 0 Å². The fraction of sp³-hybridized carbons (Fsp3) is 0.357. The van der Waals surface area contributed by atoms with E-state index in [0.717, 1.165) is 37.2 Å². The van der Waals surface area contributed by atoms with E-state index in [-0.39, 0.29) is 0 Å². The number of benzene rings is 1. The second-order valence-corrected chi connectivity index (χ2v) is 4.56. The zero-order valence-corrected chi connectivity index (χ0v) is 11.1. The number of hydrogen-bond donors (Lipinski definition) is 2. The maximum atomic E-state index is 12.5. The zero-order chi connectivity index (χ0) is 14.6. The fourth-order valence-corrected chi connectivity index (χ4v) is 1.92. The van der Waals surface area contributed by atoms with Gasteiger partial charge in [0.05, 0.1) is 11.3 Å². The largest absolute Gasteiger partial charge is 0.416 e. The first kappa shape index (κ1) is 14.6. The maximum Gasteiger partial charge on any atom is 0.416 e. The molecule has 1 aromatic heterocycles. The summed E-state index contributed by atoms with van der Waals surface area (Å²) in [6.45, 7) is 0.911. The summed E-state index contributed by atoms with van der Waals surface area (Å²) >= 11 is 0. The van der Waals surface area contributed by atoms with E-state index < -0.39 is 11.7 Å². The monoisotopic (exact) mass is 283 g/mol. The van der Waals surface area contributed by atoms with Crippen LogP contribution in [0.4, 0.5) is 13.2 Å². The zero-order valence-electron chi connectivity index (χ0n) is 11.1. The lowest BCUT2D eigenvalue weighted by atomic mass is 10.1. The first-order valence-electron chi connectivity index (χ1n) is 6.37. The topological polar surface area (TPSA) is 40.7 Å². The first-order valence-corrected chi connectivity index (χ1v) is 6.37. The van der Waals surface area contributed by atoms with Gasteiger partial charge in [0.15, 0.2) is 0 Å². The summed E-state index contributed by atoms with van der Waals surface area (Å²) in [5, 5.41) is 10.1. The van der Waals surface area contributed by atoms with Crippen molar-refractivity contribution in [2.45, 2.75) is 19.0 Å². The van der Waals surface area contributed by atoms with Crippen molar-refractivity contribution in [1.29, 1.82) is 0 Å². The van der Waals surface area contributed by atoms with E-state index in [1.165, 1.54) is 12.1 Å². The van der Waals surface area contributed by atoms with Gasteiger partial charge in [-0.25, -0.2) is 0 Å². The molecule has 3 nitrogen and oxygen atoms in total. The Morgan fingerprint density at radius 3 is 2.50 bits per heavy atom. The molecule has 0 radical (unpaired) electrons. The SMILES string of the molecule is CNCCCc1cc(-c2ccc(C(F)(F)F)cc2)n[nH]1. The van der Waals surface area contributed by atoms with Gasteiger partial charge in [0.2, 0.25) is 0 Å². The van der Waals surface area contributed by atoms with Crippen LogP contribution in [0.1, 0.15) is 17.7 Å². The average molecular weight is 283 g/mol. The van der Waals surface area contributed by atoms with Crippen molar-refractivity contribution in [2.75, 3.05) is 13.6 Å². The summed E-state index contributed by atoms with van der Waals surface area (Å²) in [6, 6.07) is 6.90. The second-order valence-electron chi connectivity index (χ2n) is 4.56. The molecular formula is C14H16F3N3. The molecule has 0 saturated carbocycles. The van der Waals surface area contributed by atoms with E-state index >= 15 is 0 Å². The molecule has 0 spiro atoms. The molecule has 2 aromatic rings.